The highest BCUT2D eigenvalue weighted by Crippen LogP contribution is 2.39. The van der Waals surface area contributed by atoms with Crippen LogP contribution in [0, 0.1) is 5.41 Å². The Bertz CT molecular complexity index is 594. The Labute approximate surface area is 154 Å². The summed E-state index contributed by atoms with van der Waals surface area (Å²) in [5.41, 5.74) is 0.189. The highest BCUT2D eigenvalue weighted by Gasteiger charge is 2.41. The van der Waals surface area contributed by atoms with Gasteiger partial charge in [0.2, 0.25) is 11.8 Å². The topological polar surface area (TPSA) is 80.9 Å². The van der Waals surface area contributed by atoms with E-state index in [1.165, 1.54) is 6.42 Å². The van der Waals surface area contributed by atoms with E-state index in [0.717, 1.165) is 45.4 Å². The molecular weight excluding hydrogens is 336 g/mol. The lowest BCUT2D eigenvalue weighted by Gasteiger charge is -2.48. The van der Waals surface area contributed by atoms with Crippen molar-refractivity contribution in [2.24, 2.45) is 5.41 Å². The number of carbonyl (C=O) groups excluding carboxylic acids is 1. The van der Waals surface area contributed by atoms with Crippen LogP contribution < -0.4 is 0 Å². The van der Waals surface area contributed by atoms with Crippen molar-refractivity contribution in [3.8, 4) is 0 Å². The van der Waals surface area contributed by atoms with Crippen LogP contribution in [0.2, 0.25) is 0 Å². The normalized spacial score (nSPS) is 24.5. The van der Waals surface area contributed by atoms with Crippen molar-refractivity contribution in [1.29, 1.82) is 0 Å². The molecule has 2 saturated heterocycles. The standard InChI is InChI=1S/C18H30N4O4/c1-24-10-4-9-22-14-18(7-5-17(22)23)6-3-8-21(13-18)11-16-19-15(12-25-2)20-26-16/h3-14H2,1-2H3. The second kappa shape index (κ2) is 8.92. The monoisotopic (exact) mass is 366 g/mol. The van der Waals surface area contributed by atoms with Gasteiger partial charge in [0.15, 0.2) is 5.82 Å². The third-order valence-corrected chi connectivity index (χ3v) is 5.41. The molecule has 146 valence electrons. The largest absolute Gasteiger partial charge is 0.385 e. The molecule has 0 bridgehead atoms. The molecule has 1 spiro atoms. The van der Waals surface area contributed by atoms with Gasteiger partial charge in [0.25, 0.3) is 0 Å². The van der Waals surface area contributed by atoms with Crippen LogP contribution in [0.5, 0.6) is 0 Å². The van der Waals surface area contributed by atoms with E-state index in [1.54, 1.807) is 14.2 Å². The molecule has 1 amide bonds. The molecule has 1 aromatic rings. The van der Waals surface area contributed by atoms with Crippen LogP contribution in [0.1, 0.15) is 43.8 Å². The molecule has 26 heavy (non-hydrogen) atoms. The molecule has 0 radical (unpaired) electrons. The Kier molecular flexibility index (Phi) is 6.61. The fourth-order valence-electron chi connectivity index (χ4n) is 4.22. The van der Waals surface area contributed by atoms with Crippen LogP contribution in [-0.4, -0.2) is 72.9 Å². The van der Waals surface area contributed by atoms with Crippen LogP contribution in [-0.2, 0) is 27.4 Å². The van der Waals surface area contributed by atoms with Gasteiger partial charge in [-0.3, -0.25) is 9.69 Å². The third-order valence-electron chi connectivity index (χ3n) is 5.41. The average molecular weight is 366 g/mol. The van der Waals surface area contributed by atoms with Gasteiger partial charge in [-0.1, -0.05) is 5.16 Å². The summed E-state index contributed by atoms with van der Waals surface area (Å²) in [7, 11) is 3.32. The summed E-state index contributed by atoms with van der Waals surface area (Å²) in [5, 5.41) is 3.94. The van der Waals surface area contributed by atoms with Crippen molar-refractivity contribution in [3.63, 3.8) is 0 Å². The summed E-state index contributed by atoms with van der Waals surface area (Å²) in [6.45, 7) is 5.37. The third kappa shape index (κ3) is 4.81. The number of likely N-dealkylation sites (tertiary alicyclic amines) is 2. The van der Waals surface area contributed by atoms with Gasteiger partial charge in [-0.25, -0.2) is 0 Å². The van der Waals surface area contributed by atoms with Gasteiger partial charge in [0, 0.05) is 52.3 Å². The molecule has 0 N–H and O–H groups in total. The maximum Gasteiger partial charge on any atom is 0.240 e. The Hall–Kier alpha value is -1.51. The number of amides is 1. The number of hydrogen-bond acceptors (Lipinski definition) is 7. The molecule has 0 aliphatic carbocycles. The molecule has 8 nitrogen and oxygen atoms in total. The lowest BCUT2D eigenvalue weighted by atomic mass is 9.73. The molecule has 1 aromatic heterocycles. The fourth-order valence-corrected chi connectivity index (χ4v) is 4.22. The second-order valence-electron chi connectivity index (χ2n) is 7.51. The number of hydrogen-bond donors (Lipinski definition) is 0. The van der Waals surface area contributed by atoms with Crippen LogP contribution in [0.15, 0.2) is 4.52 Å². The van der Waals surface area contributed by atoms with Gasteiger partial charge < -0.3 is 18.9 Å². The quantitative estimate of drug-likeness (QED) is 0.644. The zero-order valence-electron chi connectivity index (χ0n) is 15.9. The molecule has 0 saturated carbocycles. The predicted octanol–water partition coefficient (Wildman–Crippen LogP) is 1.46. The zero-order valence-corrected chi connectivity index (χ0v) is 15.9. The molecule has 2 aliphatic rings. The fraction of sp³-hybridized carbons (Fsp3) is 0.833. The Morgan fingerprint density at radius 1 is 1.23 bits per heavy atom. The molecule has 1 atom stereocenters. The summed E-state index contributed by atoms with van der Waals surface area (Å²) in [4.78, 5) is 21.1. The van der Waals surface area contributed by atoms with Gasteiger partial charge in [-0.15, -0.1) is 0 Å². The summed E-state index contributed by atoms with van der Waals surface area (Å²) < 4.78 is 15.5. The van der Waals surface area contributed by atoms with Crippen molar-refractivity contribution in [2.75, 3.05) is 47.0 Å². The molecule has 8 heteroatoms. The molecule has 1 unspecified atom stereocenters. The van der Waals surface area contributed by atoms with E-state index in [2.05, 4.69) is 15.0 Å². The smallest absolute Gasteiger partial charge is 0.240 e. The highest BCUT2D eigenvalue weighted by molar-refractivity contribution is 5.77. The maximum atomic E-state index is 12.3. The van der Waals surface area contributed by atoms with Gasteiger partial charge in [0.1, 0.15) is 6.61 Å². The number of carbonyl (C=O) groups is 1. The van der Waals surface area contributed by atoms with E-state index in [1.807, 2.05) is 4.90 Å². The van der Waals surface area contributed by atoms with E-state index in [-0.39, 0.29) is 11.3 Å². The minimum atomic E-state index is 0.189. The van der Waals surface area contributed by atoms with Crippen LogP contribution in [0.25, 0.3) is 0 Å². The van der Waals surface area contributed by atoms with E-state index >= 15 is 0 Å². The van der Waals surface area contributed by atoms with Crippen molar-refractivity contribution >= 4 is 5.91 Å². The first kappa shape index (κ1) is 19.3. The molecule has 3 heterocycles. The summed E-state index contributed by atoms with van der Waals surface area (Å²) >= 11 is 0. The van der Waals surface area contributed by atoms with Crippen molar-refractivity contribution in [1.82, 2.24) is 19.9 Å². The Morgan fingerprint density at radius 3 is 2.92 bits per heavy atom. The van der Waals surface area contributed by atoms with E-state index in [0.29, 0.717) is 37.9 Å². The number of piperidine rings is 2. The van der Waals surface area contributed by atoms with Gasteiger partial charge in [-0.05, 0) is 32.2 Å². The van der Waals surface area contributed by atoms with E-state index < -0.39 is 0 Å². The van der Waals surface area contributed by atoms with Crippen molar-refractivity contribution < 1.29 is 18.8 Å². The van der Waals surface area contributed by atoms with Crippen LogP contribution in [0.3, 0.4) is 0 Å². The molecule has 0 aromatic carbocycles. The van der Waals surface area contributed by atoms with E-state index in [9.17, 15) is 4.79 Å². The SMILES string of the molecule is COCCCN1CC2(CCCN(Cc3nc(COC)no3)C2)CCC1=O. The summed E-state index contributed by atoms with van der Waals surface area (Å²) in [5.74, 6) is 1.50. The molecule has 2 fully saturated rings. The average Bonchev–Trinajstić information content (AvgIpc) is 3.06. The highest BCUT2D eigenvalue weighted by atomic mass is 16.5. The van der Waals surface area contributed by atoms with Gasteiger partial charge in [0.05, 0.1) is 6.54 Å². The molecule has 3 rings (SSSR count). The Balaban J connectivity index is 1.58. The first-order chi connectivity index (χ1) is 12.6. The Morgan fingerprint density at radius 2 is 2.12 bits per heavy atom. The first-order valence-corrected chi connectivity index (χ1v) is 9.44. The number of ether oxygens (including phenoxy) is 2. The van der Waals surface area contributed by atoms with Gasteiger partial charge in [-0.2, -0.15) is 4.98 Å². The number of methoxy groups -OCH3 is 2. The van der Waals surface area contributed by atoms with Crippen molar-refractivity contribution in [3.05, 3.63) is 11.7 Å². The lowest BCUT2D eigenvalue weighted by molar-refractivity contribution is -0.139. The van der Waals surface area contributed by atoms with Crippen LogP contribution in [0.4, 0.5) is 0 Å². The van der Waals surface area contributed by atoms with Crippen LogP contribution >= 0.6 is 0 Å². The molecular formula is C18H30N4O4. The minimum Gasteiger partial charge on any atom is -0.385 e. The lowest BCUT2D eigenvalue weighted by Crippen LogP contribution is -2.54. The first-order valence-electron chi connectivity index (χ1n) is 9.44. The van der Waals surface area contributed by atoms with Gasteiger partial charge >= 0.3 is 0 Å². The van der Waals surface area contributed by atoms with E-state index in [4.69, 9.17) is 14.0 Å². The molecule has 2 aliphatic heterocycles. The number of rotatable bonds is 8. The minimum absolute atomic E-state index is 0.189. The zero-order chi connectivity index (χ0) is 18.4. The summed E-state index contributed by atoms with van der Waals surface area (Å²) in [6, 6.07) is 0. The predicted molar refractivity (Wildman–Crippen MR) is 94.3 cm³/mol. The van der Waals surface area contributed by atoms with Crippen molar-refractivity contribution in [2.45, 2.75) is 45.3 Å². The maximum absolute atomic E-state index is 12.3. The second-order valence-corrected chi connectivity index (χ2v) is 7.51. The number of aromatic nitrogens is 2. The number of nitrogens with zero attached hydrogens (tertiary/aromatic N) is 4. The summed E-state index contributed by atoms with van der Waals surface area (Å²) in [6.07, 6.45) is 4.84.